The molecule has 148 valence electrons. The van der Waals surface area contributed by atoms with E-state index in [-0.39, 0.29) is 5.91 Å². The summed E-state index contributed by atoms with van der Waals surface area (Å²) >= 11 is 6.34. The zero-order valence-corrected chi connectivity index (χ0v) is 17.0. The van der Waals surface area contributed by atoms with E-state index in [0.717, 1.165) is 11.1 Å². The van der Waals surface area contributed by atoms with Crippen molar-refractivity contribution in [1.29, 1.82) is 0 Å². The van der Waals surface area contributed by atoms with Crippen LogP contribution < -0.4 is 0 Å². The molecule has 0 aliphatic rings. The summed E-state index contributed by atoms with van der Waals surface area (Å²) in [4.78, 5) is 26.0. The van der Waals surface area contributed by atoms with E-state index in [1.54, 1.807) is 24.3 Å². The largest absolute Gasteiger partial charge is 0.465 e. The number of fused-ring (bicyclic) bond motifs is 1. The number of halogens is 1. The van der Waals surface area contributed by atoms with Crippen molar-refractivity contribution in [1.82, 2.24) is 4.57 Å². The summed E-state index contributed by atoms with van der Waals surface area (Å²) in [6.45, 7) is 0. The van der Waals surface area contributed by atoms with Gasteiger partial charge in [-0.1, -0.05) is 78.3 Å². The van der Waals surface area contributed by atoms with Crippen LogP contribution in [0.25, 0.3) is 22.6 Å². The molecule has 3 aromatic carbocycles. The van der Waals surface area contributed by atoms with E-state index in [1.165, 1.54) is 17.9 Å². The summed E-state index contributed by atoms with van der Waals surface area (Å²) in [6, 6.07) is 24.0. The first kappa shape index (κ1) is 19.7. The second kappa shape index (κ2) is 8.39. The quantitative estimate of drug-likeness (QED) is 0.234. The highest BCUT2D eigenvalue weighted by atomic mass is 35.5. The van der Waals surface area contributed by atoms with Gasteiger partial charge in [0.15, 0.2) is 0 Å². The number of nitrogens with zero attached hydrogens (tertiary/aromatic N) is 1. The molecule has 0 unspecified atom stereocenters. The minimum absolute atomic E-state index is 0.271. The van der Waals surface area contributed by atoms with Crippen molar-refractivity contribution >= 4 is 46.0 Å². The van der Waals surface area contributed by atoms with Crippen LogP contribution in [0.5, 0.6) is 0 Å². The summed E-state index contributed by atoms with van der Waals surface area (Å²) in [5, 5.41) is 1.20. The number of rotatable bonds is 4. The van der Waals surface area contributed by atoms with Crippen molar-refractivity contribution in [2.24, 2.45) is 0 Å². The van der Waals surface area contributed by atoms with Crippen LogP contribution >= 0.6 is 11.6 Å². The molecule has 0 fully saturated rings. The molecule has 1 aromatic heterocycles. The van der Waals surface area contributed by atoms with Crippen molar-refractivity contribution < 1.29 is 14.3 Å². The first-order valence-corrected chi connectivity index (χ1v) is 9.72. The van der Waals surface area contributed by atoms with Crippen LogP contribution in [0.4, 0.5) is 0 Å². The van der Waals surface area contributed by atoms with E-state index >= 15 is 0 Å². The smallest absolute Gasteiger partial charge is 0.340 e. The van der Waals surface area contributed by atoms with Crippen molar-refractivity contribution in [2.45, 2.75) is 0 Å². The first-order valence-electron chi connectivity index (χ1n) is 9.35. The molecule has 5 heteroatoms. The molecule has 30 heavy (non-hydrogen) atoms. The van der Waals surface area contributed by atoms with E-state index in [9.17, 15) is 9.59 Å². The normalized spacial score (nSPS) is 11.5. The van der Waals surface area contributed by atoms with Crippen molar-refractivity contribution in [2.75, 3.05) is 7.11 Å². The van der Waals surface area contributed by atoms with Gasteiger partial charge in [-0.2, -0.15) is 0 Å². The highest BCUT2D eigenvalue weighted by Crippen LogP contribution is 2.28. The van der Waals surface area contributed by atoms with Crippen molar-refractivity contribution in [3.05, 3.63) is 107 Å². The Bertz CT molecular complexity index is 1270. The Labute approximate surface area is 179 Å². The van der Waals surface area contributed by atoms with Crippen LogP contribution in [-0.2, 0) is 4.74 Å². The monoisotopic (exact) mass is 415 g/mol. The Hall–Kier alpha value is -3.63. The zero-order valence-electron chi connectivity index (χ0n) is 16.2. The van der Waals surface area contributed by atoms with Crippen LogP contribution in [-0.4, -0.2) is 23.6 Å². The lowest BCUT2D eigenvalue weighted by Gasteiger charge is -2.10. The second-order valence-corrected chi connectivity index (χ2v) is 7.08. The van der Waals surface area contributed by atoms with Crippen LogP contribution in [0.2, 0.25) is 5.02 Å². The van der Waals surface area contributed by atoms with E-state index in [0.29, 0.717) is 27.1 Å². The highest BCUT2D eigenvalue weighted by molar-refractivity contribution is 6.33. The molecule has 0 aliphatic carbocycles. The molecule has 0 N–H and O–H groups in total. The van der Waals surface area contributed by atoms with Crippen LogP contribution in [0.1, 0.15) is 26.3 Å². The lowest BCUT2D eigenvalue weighted by molar-refractivity contribution is 0.0603. The van der Waals surface area contributed by atoms with E-state index in [1.807, 2.05) is 60.7 Å². The van der Waals surface area contributed by atoms with E-state index < -0.39 is 5.97 Å². The maximum Gasteiger partial charge on any atom is 0.340 e. The van der Waals surface area contributed by atoms with Gasteiger partial charge in [-0.25, -0.2) is 4.79 Å². The topological polar surface area (TPSA) is 48.3 Å². The van der Waals surface area contributed by atoms with Gasteiger partial charge >= 0.3 is 5.97 Å². The summed E-state index contributed by atoms with van der Waals surface area (Å²) in [7, 11) is 1.32. The molecule has 0 radical (unpaired) electrons. The fourth-order valence-electron chi connectivity index (χ4n) is 3.38. The maximum absolute atomic E-state index is 13.7. The Morgan fingerprint density at radius 2 is 1.57 bits per heavy atom. The molecular formula is C25H18ClNO3. The van der Waals surface area contributed by atoms with Gasteiger partial charge in [0.1, 0.15) is 0 Å². The number of carbonyl (C=O) groups excluding carboxylic acids is 2. The third-order valence-electron chi connectivity index (χ3n) is 4.86. The minimum atomic E-state index is -0.492. The third-order valence-corrected chi connectivity index (χ3v) is 5.20. The number of hydrogen-bond donors (Lipinski definition) is 0. The number of carbonyl (C=O) groups is 2. The number of allylic oxidation sites excluding steroid dienone is 1. The molecule has 4 nitrogen and oxygen atoms in total. The number of aromatic nitrogens is 1. The molecule has 0 aliphatic heterocycles. The van der Waals surface area contributed by atoms with Gasteiger partial charge in [-0.3, -0.25) is 9.36 Å². The predicted molar refractivity (Wildman–Crippen MR) is 120 cm³/mol. The van der Waals surface area contributed by atoms with Gasteiger partial charge in [0.05, 0.1) is 18.2 Å². The van der Waals surface area contributed by atoms with Gasteiger partial charge in [0.2, 0.25) is 0 Å². The number of esters is 1. The van der Waals surface area contributed by atoms with Crippen LogP contribution in [0.3, 0.4) is 0 Å². The zero-order chi connectivity index (χ0) is 21.1. The number of methoxy groups -OCH3 is 1. The fraction of sp³-hybridized carbons (Fsp3) is 0.0400. The number of hydrogen-bond acceptors (Lipinski definition) is 3. The molecule has 0 bridgehead atoms. The Kier molecular flexibility index (Phi) is 5.50. The molecule has 0 atom stereocenters. The lowest BCUT2D eigenvalue weighted by atomic mass is 10.0. The Morgan fingerprint density at radius 3 is 2.30 bits per heavy atom. The molecule has 0 spiro atoms. The Morgan fingerprint density at radius 1 is 0.900 bits per heavy atom. The van der Waals surface area contributed by atoms with Gasteiger partial charge in [-0.15, -0.1) is 0 Å². The molecule has 0 saturated heterocycles. The minimum Gasteiger partial charge on any atom is -0.465 e. The number of para-hydroxylation sites is 1. The van der Waals surface area contributed by atoms with Crippen molar-refractivity contribution in [3.8, 4) is 0 Å². The highest BCUT2D eigenvalue weighted by Gasteiger charge is 2.21. The summed E-state index contributed by atoms with van der Waals surface area (Å²) in [5.41, 5.74) is 2.91. The molecular weight excluding hydrogens is 398 g/mol. The molecule has 0 saturated carbocycles. The lowest BCUT2D eigenvalue weighted by Crippen LogP contribution is -2.12. The first-order chi connectivity index (χ1) is 14.6. The fourth-order valence-corrected chi connectivity index (χ4v) is 3.57. The van der Waals surface area contributed by atoms with Crippen LogP contribution in [0, 0.1) is 0 Å². The molecule has 4 rings (SSSR count). The number of benzene rings is 3. The van der Waals surface area contributed by atoms with Gasteiger partial charge < -0.3 is 4.74 Å². The SMILES string of the molecule is COC(=O)c1cn(C(=O)/C(=C/c2ccccc2Cl)c2ccccc2)c2ccccc12. The number of ether oxygens (including phenoxy) is 1. The predicted octanol–water partition coefficient (Wildman–Crippen LogP) is 5.96. The summed E-state index contributed by atoms with van der Waals surface area (Å²) in [5.74, 6) is -0.762. The van der Waals surface area contributed by atoms with Gasteiger partial charge in [0.25, 0.3) is 5.91 Å². The second-order valence-electron chi connectivity index (χ2n) is 6.67. The standard InChI is InChI=1S/C25H18ClNO3/c1-30-25(29)21-16-27(23-14-8-6-12-19(21)23)24(28)20(17-9-3-2-4-10-17)15-18-11-5-7-13-22(18)26/h2-16H,1H3/b20-15+. The van der Waals surface area contributed by atoms with Gasteiger partial charge in [-0.05, 0) is 29.3 Å². The average molecular weight is 416 g/mol. The van der Waals surface area contributed by atoms with Gasteiger partial charge in [0, 0.05) is 22.2 Å². The molecule has 4 aromatic rings. The summed E-state index contributed by atoms with van der Waals surface area (Å²) in [6.07, 6.45) is 3.30. The van der Waals surface area contributed by atoms with Crippen LogP contribution in [0.15, 0.2) is 85.1 Å². The third kappa shape index (κ3) is 3.65. The molecule has 0 amide bonds. The Balaban J connectivity index is 1.92. The average Bonchev–Trinajstić information content (AvgIpc) is 3.18. The van der Waals surface area contributed by atoms with Crippen molar-refractivity contribution in [3.63, 3.8) is 0 Å². The molecule has 1 heterocycles. The van der Waals surface area contributed by atoms with E-state index in [2.05, 4.69) is 0 Å². The summed E-state index contributed by atoms with van der Waals surface area (Å²) < 4.78 is 6.38. The van der Waals surface area contributed by atoms with E-state index in [4.69, 9.17) is 16.3 Å². The maximum atomic E-state index is 13.7.